The zero-order chi connectivity index (χ0) is 16.4. The fourth-order valence-corrected chi connectivity index (χ4v) is 5.52. The van der Waals surface area contributed by atoms with Gasteiger partial charge < -0.3 is 14.7 Å². The summed E-state index contributed by atoms with van der Waals surface area (Å²) in [5.41, 5.74) is 2.26. The molecule has 2 aliphatic heterocycles. The summed E-state index contributed by atoms with van der Waals surface area (Å²) < 4.78 is 6.04. The highest BCUT2D eigenvalue weighted by Crippen LogP contribution is 2.62. The molecule has 0 radical (unpaired) electrons. The second kappa shape index (κ2) is 4.93. The second-order valence-corrected chi connectivity index (χ2v) is 7.10. The highest BCUT2D eigenvalue weighted by molar-refractivity contribution is 5.89. The molecule has 2 heterocycles. The van der Waals surface area contributed by atoms with Gasteiger partial charge >= 0.3 is 0 Å². The van der Waals surface area contributed by atoms with Crippen molar-refractivity contribution in [3.8, 4) is 11.5 Å². The van der Waals surface area contributed by atoms with Gasteiger partial charge in [-0.3, -0.25) is 16.5 Å². The van der Waals surface area contributed by atoms with Crippen molar-refractivity contribution in [2.24, 2.45) is 17.6 Å². The zero-order valence-corrected chi connectivity index (χ0v) is 13.3. The van der Waals surface area contributed by atoms with Crippen molar-refractivity contribution in [1.29, 1.82) is 0 Å². The standard InChI is InChI=1S/C17H19NO3.H4N2/c1-18-7-6-17-10-3-5-13(20)16(17)21-15-12(19)4-2-9(14(15)17)8-11(10)18;1-2/h2,4,10-11,16,19H,3,5-8H2,1H3;1-2H2/t10-,11+,16-,17-;/m0./s1. The van der Waals surface area contributed by atoms with E-state index in [4.69, 9.17) is 4.74 Å². The number of aromatic hydroxyl groups is 1. The van der Waals surface area contributed by atoms with Crippen LogP contribution in [0.3, 0.4) is 0 Å². The molecule has 0 aromatic heterocycles. The number of nitrogens with two attached hydrogens (primary N) is 2. The Balaban J connectivity index is 0.000000652. The van der Waals surface area contributed by atoms with Gasteiger partial charge in [-0.2, -0.15) is 0 Å². The number of rotatable bonds is 0. The molecule has 4 aliphatic rings. The number of carbonyl (C=O) groups excluding carboxylic acids is 1. The minimum absolute atomic E-state index is 0.172. The molecule has 6 heteroatoms. The molecule has 6 nitrogen and oxygen atoms in total. The summed E-state index contributed by atoms with van der Waals surface area (Å²) in [6.07, 6.45) is 3.18. The number of nitrogens with zero attached hydrogens (tertiary/aromatic N) is 1. The van der Waals surface area contributed by atoms with Gasteiger partial charge in [0.2, 0.25) is 0 Å². The Morgan fingerprint density at radius 3 is 2.96 bits per heavy atom. The maximum atomic E-state index is 12.5. The predicted octanol–water partition coefficient (Wildman–Crippen LogP) is 0.449. The second-order valence-electron chi connectivity index (χ2n) is 7.10. The van der Waals surface area contributed by atoms with E-state index >= 15 is 0 Å². The minimum atomic E-state index is -0.366. The van der Waals surface area contributed by atoms with Crippen LogP contribution in [0.4, 0.5) is 0 Å². The first kappa shape index (κ1) is 14.9. The number of phenols is 1. The fraction of sp³-hybridized carbons (Fsp3) is 0.588. The van der Waals surface area contributed by atoms with E-state index in [-0.39, 0.29) is 23.1 Å². The monoisotopic (exact) mass is 317 g/mol. The summed E-state index contributed by atoms with van der Waals surface area (Å²) in [5.74, 6) is 9.50. The van der Waals surface area contributed by atoms with Gasteiger partial charge in [0, 0.05) is 23.4 Å². The Morgan fingerprint density at radius 2 is 2.17 bits per heavy atom. The maximum Gasteiger partial charge on any atom is 0.174 e. The topological polar surface area (TPSA) is 102 Å². The molecule has 23 heavy (non-hydrogen) atoms. The van der Waals surface area contributed by atoms with Crippen LogP contribution < -0.4 is 16.4 Å². The van der Waals surface area contributed by atoms with Gasteiger partial charge in [-0.15, -0.1) is 0 Å². The van der Waals surface area contributed by atoms with E-state index in [1.54, 1.807) is 6.07 Å². The van der Waals surface area contributed by atoms with Crippen LogP contribution in [0.25, 0.3) is 0 Å². The molecule has 124 valence electrons. The Morgan fingerprint density at radius 1 is 1.39 bits per heavy atom. The Hall–Kier alpha value is -1.63. The van der Waals surface area contributed by atoms with E-state index in [9.17, 15) is 9.90 Å². The van der Waals surface area contributed by atoms with Gasteiger partial charge in [-0.1, -0.05) is 6.07 Å². The molecule has 1 spiro atoms. The molecule has 1 aromatic rings. The number of ketones is 1. The molecule has 5 rings (SSSR count). The lowest BCUT2D eigenvalue weighted by Crippen LogP contribution is -2.65. The van der Waals surface area contributed by atoms with E-state index < -0.39 is 0 Å². The number of piperidine rings is 1. The average Bonchev–Trinajstić information content (AvgIpc) is 2.92. The lowest BCUT2D eigenvalue weighted by Gasteiger charge is -2.57. The lowest BCUT2D eigenvalue weighted by atomic mass is 9.52. The highest BCUT2D eigenvalue weighted by Gasteiger charge is 2.65. The van der Waals surface area contributed by atoms with Gasteiger partial charge in [-0.25, -0.2) is 0 Å². The maximum absolute atomic E-state index is 12.5. The quantitative estimate of drug-likeness (QED) is 0.474. The largest absolute Gasteiger partial charge is 0.504 e. The van der Waals surface area contributed by atoms with Crippen LogP contribution in [-0.2, 0) is 16.6 Å². The van der Waals surface area contributed by atoms with E-state index in [1.807, 2.05) is 6.07 Å². The number of likely N-dealkylation sites (N-methyl/N-ethyl adjacent to an activating group) is 1. The summed E-state index contributed by atoms with van der Waals surface area (Å²) in [4.78, 5) is 14.9. The first-order valence-corrected chi connectivity index (χ1v) is 8.21. The van der Waals surface area contributed by atoms with Crippen molar-refractivity contribution in [2.45, 2.75) is 43.2 Å². The van der Waals surface area contributed by atoms with Crippen molar-refractivity contribution in [3.63, 3.8) is 0 Å². The van der Waals surface area contributed by atoms with Crippen LogP contribution in [0.2, 0.25) is 0 Å². The molecule has 2 fully saturated rings. The molecule has 1 aromatic carbocycles. The molecular weight excluding hydrogens is 294 g/mol. The van der Waals surface area contributed by atoms with Crippen molar-refractivity contribution < 1.29 is 14.6 Å². The number of Topliss-reactive ketones (excluding diaryl/α,β-unsaturated/α-hetero) is 1. The van der Waals surface area contributed by atoms with Crippen LogP contribution in [0.5, 0.6) is 11.5 Å². The van der Waals surface area contributed by atoms with E-state index in [0.29, 0.717) is 24.1 Å². The van der Waals surface area contributed by atoms with Crippen LogP contribution in [0.15, 0.2) is 12.1 Å². The van der Waals surface area contributed by atoms with Crippen molar-refractivity contribution in [3.05, 3.63) is 23.3 Å². The zero-order valence-electron chi connectivity index (χ0n) is 13.3. The Kier molecular flexibility index (Phi) is 3.20. The van der Waals surface area contributed by atoms with E-state index in [2.05, 4.69) is 23.6 Å². The van der Waals surface area contributed by atoms with Gasteiger partial charge in [0.15, 0.2) is 23.4 Å². The first-order chi connectivity index (χ1) is 11.1. The number of phenolic OH excluding ortho intramolecular Hbond substituents is 1. The molecule has 0 amide bonds. The number of hydrogen-bond acceptors (Lipinski definition) is 6. The lowest BCUT2D eigenvalue weighted by molar-refractivity contribution is -0.138. The Bertz CT molecular complexity index is 677. The number of benzene rings is 1. The third kappa shape index (κ3) is 1.66. The summed E-state index contributed by atoms with van der Waals surface area (Å²) in [6.45, 7) is 1.00. The molecule has 1 saturated carbocycles. The van der Waals surface area contributed by atoms with Crippen molar-refractivity contribution in [2.75, 3.05) is 13.6 Å². The third-order valence-electron chi connectivity index (χ3n) is 6.39. The van der Waals surface area contributed by atoms with E-state index in [0.717, 1.165) is 31.4 Å². The predicted molar refractivity (Wildman–Crippen MR) is 85.0 cm³/mol. The van der Waals surface area contributed by atoms with E-state index in [1.165, 1.54) is 5.56 Å². The van der Waals surface area contributed by atoms with Gasteiger partial charge in [0.25, 0.3) is 0 Å². The summed E-state index contributed by atoms with van der Waals surface area (Å²) in [7, 11) is 2.20. The van der Waals surface area contributed by atoms with Crippen molar-refractivity contribution >= 4 is 5.78 Å². The molecule has 5 N–H and O–H groups in total. The molecular formula is C17H23N3O3. The number of carbonyl (C=O) groups is 1. The molecule has 2 bridgehead atoms. The molecule has 2 aliphatic carbocycles. The molecule has 1 saturated heterocycles. The van der Waals surface area contributed by atoms with Crippen LogP contribution in [0, 0.1) is 5.92 Å². The SMILES string of the molecule is CN1CC[C@]23c4c5ccc(O)c4O[C@H]2C(=O)CC[C@H]3[C@H]1C5.NN. The fourth-order valence-electron chi connectivity index (χ4n) is 5.52. The number of ether oxygens (including phenoxy) is 1. The average molecular weight is 317 g/mol. The number of likely N-dealkylation sites (tertiary alicyclic amines) is 1. The normalized spacial score (nSPS) is 36.7. The highest BCUT2D eigenvalue weighted by atomic mass is 16.5. The summed E-state index contributed by atoms with van der Waals surface area (Å²) >= 11 is 0. The summed E-state index contributed by atoms with van der Waals surface area (Å²) in [5, 5.41) is 10.2. The smallest absolute Gasteiger partial charge is 0.174 e. The van der Waals surface area contributed by atoms with Gasteiger partial charge in [0.1, 0.15) is 0 Å². The van der Waals surface area contributed by atoms with Crippen molar-refractivity contribution in [1.82, 2.24) is 4.90 Å². The third-order valence-corrected chi connectivity index (χ3v) is 6.39. The minimum Gasteiger partial charge on any atom is -0.504 e. The summed E-state index contributed by atoms with van der Waals surface area (Å²) in [6, 6.07) is 4.26. The van der Waals surface area contributed by atoms with Gasteiger partial charge in [-0.05, 0) is 50.4 Å². The van der Waals surface area contributed by atoms with Crippen LogP contribution >= 0.6 is 0 Å². The number of hydrazine groups is 1. The van der Waals surface area contributed by atoms with Crippen LogP contribution in [0.1, 0.15) is 30.4 Å². The Labute approximate surface area is 135 Å². The van der Waals surface area contributed by atoms with Gasteiger partial charge in [0.05, 0.1) is 0 Å². The molecule has 0 unspecified atom stereocenters. The first-order valence-electron chi connectivity index (χ1n) is 8.21. The van der Waals surface area contributed by atoms with Crippen LogP contribution in [-0.4, -0.2) is 41.5 Å². The number of hydrogen-bond donors (Lipinski definition) is 3. The molecule has 4 atom stereocenters.